The normalized spacial score (nSPS) is 18.2. The van der Waals surface area contributed by atoms with Crippen LogP contribution in [0.4, 0.5) is 5.95 Å². The number of H-pyrrole nitrogens is 1. The Morgan fingerprint density at radius 2 is 2.03 bits per heavy atom. The summed E-state index contributed by atoms with van der Waals surface area (Å²) >= 11 is 0. The predicted octanol–water partition coefficient (Wildman–Crippen LogP) is 2.06. The first-order chi connectivity index (χ1) is 15.1. The molecule has 162 valence electrons. The van der Waals surface area contributed by atoms with Crippen LogP contribution in [0, 0.1) is 5.92 Å². The van der Waals surface area contributed by atoms with Gasteiger partial charge in [-0.2, -0.15) is 20.1 Å². The molecule has 4 heterocycles. The number of pyridine rings is 1. The minimum Gasteiger partial charge on any atom is -0.467 e. The van der Waals surface area contributed by atoms with E-state index >= 15 is 0 Å². The van der Waals surface area contributed by atoms with Gasteiger partial charge >= 0.3 is 6.01 Å². The molecule has 5 rings (SSSR count). The van der Waals surface area contributed by atoms with Gasteiger partial charge in [-0.3, -0.25) is 9.89 Å². The highest BCUT2D eigenvalue weighted by Crippen LogP contribution is 2.33. The number of aromatic nitrogens is 6. The first-order valence-electron chi connectivity index (χ1n) is 10.8. The van der Waals surface area contributed by atoms with Crippen molar-refractivity contribution >= 4 is 22.9 Å². The maximum Gasteiger partial charge on any atom is 0.321 e. The number of carbonyl (C=O) groups is 1. The van der Waals surface area contributed by atoms with Crippen molar-refractivity contribution in [2.24, 2.45) is 5.92 Å². The number of hydrogen-bond donors (Lipinski definition) is 2. The number of hydrogen-bond acceptors (Lipinski definition) is 8. The van der Waals surface area contributed by atoms with Crippen LogP contribution in [-0.2, 0) is 0 Å². The molecular formula is C21H26N8O2. The molecule has 0 bridgehead atoms. The number of methoxy groups -OCH3 is 1. The molecule has 10 nitrogen and oxygen atoms in total. The molecule has 2 fully saturated rings. The van der Waals surface area contributed by atoms with E-state index in [9.17, 15) is 4.79 Å². The van der Waals surface area contributed by atoms with Gasteiger partial charge in [0.2, 0.25) is 11.8 Å². The molecule has 1 unspecified atom stereocenters. The molecule has 1 amide bonds. The lowest BCUT2D eigenvalue weighted by Crippen LogP contribution is -2.37. The molecule has 1 saturated heterocycles. The topological polar surface area (TPSA) is 122 Å². The second-order valence-electron chi connectivity index (χ2n) is 8.32. The first kappa shape index (κ1) is 19.7. The standard InChI is InChI=1S/C21H26N8O2/c1-12(13-5-6-13)23-19(30)18-24-20(26-21(25-18)31-2)29-10-7-14(8-11-29)16-15-4-3-9-22-17(15)28-27-16/h3-4,9,12-14H,5-8,10-11H2,1-2H3,(H,23,30)(H,22,27,28). The van der Waals surface area contributed by atoms with E-state index in [1.54, 1.807) is 6.20 Å². The molecule has 2 N–H and O–H groups in total. The zero-order chi connectivity index (χ0) is 21.4. The summed E-state index contributed by atoms with van der Waals surface area (Å²) < 4.78 is 5.24. The molecule has 2 aliphatic rings. The molecule has 0 spiro atoms. The minimum absolute atomic E-state index is 0.0992. The summed E-state index contributed by atoms with van der Waals surface area (Å²) in [5.41, 5.74) is 1.88. The minimum atomic E-state index is -0.285. The van der Waals surface area contributed by atoms with Crippen LogP contribution in [0.3, 0.4) is 0 Å². The number of amides is 1. The third-order valence-corrected chi connectivity index (χ3v) is 6.22. The van der Waals surface area contributed by atoms with Gasteiger partial charge in [-0.1, -0.05) is 0 Å². The number of piperidine rings is 1. The van der Waals surface area contributed by atoms with Crippen molar-refractivity contribution < 1.29 is 9.53 Å². The van der Waals surface area contributed by atoms with Gasteiger partial charge in [0.1, 0.15) is 0 Å². The molecule has 1 atom stereocenters. The predicted molar refractivity (Wildman–Crippen MR) is 114 cm³/mol. The number of fused-ring (bicyclic) bond motifs is 1. The Hall–Kier alpha value is -3.30. The second kappa shape index (κ2) is 8.09. The highest BCUT2D eigenvalue weighted by Gasteiger charge is 2.31. The van der Waals surface area contributed by atoms with Crippen molar-refractivity contribution in [1.29, 1.82) is 0 Å². The maximum atomic E-state index is 12.7. The average Bonchev–Trinajstić information content (AvgIpc) is 3.58. The van der Waals surface area contributed by atoms with Crippen LogP contribution >= 0.6 is 0 Å². The molecule has 3 aromatic heterocycles. The summed E-state index contributed by atoms with van der Waals surface area (Å²) in [6.45, 7) is 3.55. The van der Waals surface area contributed by atoms with Crippen molar-refractivity contribution in [3.63, 3.8) is 0 Å². The van der Waals surface area contributed by atoms with E-state index in [4.69, 9.17) is 4.74 Å². The van der Waals surface area contributed by atoms with Gasteiger partial charge in [0, 0.05) is 42.3 Å². The third kappa shape index (κ3) is 4.01. The number of carbonyl (C=O) groups excluding carboxylic acids is 1. The number of anilines is 1. The van der Waals surface area contributed by atoms with E-state index in [0.717, 1.165) is 55.5 Å². The smallest absolute Gasteiger partial charge is 0.321 e. The molecule has 0 aromatic carbocycles. The quantitative estimate of drug-likeness (QED) is 0.619. The lowest BCUT2D eigenvalue weighted by molar-refractivity contribution is 0.0923. The first-order valence-corrected chi connectivity index (χ1v) is 10.8. The number of aromatic amines is 1. The van der Waals surface area contributed by atoms with Crippen LogP contribution in [-0.4, -0.2) is 62.3 Å². The van der Waals surface area contributed by atoms with Crippen LogP contribution in [0.1, 0.15) is 54.8 Å². The Morgan fingerprint density at radius 3 is 2.77 bits per heavy atom. The van der Waals surface area contributed by atoms with E-state index in [1.165, 1.54) is 7.11 Å². The van der Waals surface area contributed by atoms with Gasteiger partial charge < -0.3 is 15.0 Å². The summed E-state index contributed by atoms with van der Waals surface area (Å²) in [5.74, 6) is 1.21. The zero-order valence-corrected chi connectivity index (χ0v) is 17.7. The summed E-state index contributed by atoms with van der Waals surface area (Å²) in [7, 11) is 1.50. The lowest BCUT2D eigenvalue weighted by atomic mass is 9.92. The van der Waals surface area contributed by atoms with E-state index in [2.05, 4.69) is 46.4 Å². The fourth-order valence-electron chi connectivity index (χ4n) is 4.21. The number of ether oxygens (including phenoxy) is 1. The van der Waals surface area contributed by atoms with Gasteiger partial charge in [0.15, 0.2) is 5.65 Å². The molecule has 0 radical (unpaired) electrons. The van der Waals surface area contributed by atoms with Gasteiger partial charge in [-0.25, -0.2) is 4.98 Å². The van der Waals surface area contributed by atoms with Crippen LogP contribution in [0.15, 0.2) is 18.3 Å². The van der Waals surface area contributed by atoms with Crippen molar-refractivity contribution in [2.75, 3.05) is 25.1 Å². The highest BCUT2D eigenvalue weighted by atomic mass is 16.5. The highest BCUT2D eigenvalue weighted by molar-refractivity contribution is 5.91. The van der Waals surface area contributed by atoms with Crippen molar-refractivity contribution in [1.82, 2.24) is 35.5 Å². The molecule has 1 saturated carbocycles. The monoisotopic (exact) mass is 422 g/mol. The van der Waals surface area contributed by atoms with E-state index in [0.29, 0.717) is 17.8 Å². The van der Waals surface area contributed by atoms with E-state index in [-0.39, 0.29) is 23.8 Å². The van der Waals surface area contributed by atoms with Crippen LogP contribution in [0.25, 0.3) is 11.0 Å². The fraction of sp³-hybridized carbons (Fsp3) is 0.524. The third-order valence-electron chi connectivity index (χ3n) is 6.22. The van der Waals surface area contributed by atoms with E-state index in [1.807, 2.05) is 13.0 Å². The Kier molecular flexibility index (Phi) is 5.13. The summed E-state index contributed by atoms with van der Waals surface area (Å²) in [5, 5.41) is 11.6. The zero-order valence-electron chi connectivity index (χ0n) is 17.7. The Labute approximate surface area is 179 Å². The molecule has 1 aliphatic carbocycles. The summed E-state index contributed by atoms with van der Waals surface area (Å²) in [6, 6.07) is 4.26. The summed E-state index contributed by atoms with van der Waals surface area (Å²) in [4.78, 5) is 32.1. The van der Waals surface area contributed by atoms with Crippen molar-refractivity contribution in [3.8, 4) is 6.01 Å². The molecule has 3 aromatic rings. The largest absolute Gasteiger partial charge is 0.467 e. The van der Waals surface area contributed by atoms with Gasteiger partial charge in [0.05, 0.1) is 7.11 Å². The second-order valence-corrected chi connectivity index (χ2v) is 8.32. The van der Waals surface area contributed by atoms with Crippen molar-refractivity contribution in [3.05, 3.63) is 29.8 Å². The maximum absolute atomic E-state index is 12.7. The Bertz CT molecular complexity index is 1090. The molecular weight excluding hydrogens is 396 g/mol. The number of nitrogens with one attached hydrogen (secondary N) is 2. The lowest BCUT2D eigenvalue weighted by Gasteiger charge is -2.31. The van der Waals surface area contributed by atoms with Gasteiger partial charge in [-0.05, 0) is 50.7 Å². The SMILES string of the molecule is COc1nc(C(=O)NC(C)C2CC2)nc(N2CCC(c3[nH]nc4ncccc34)CC2)n1. The van der Waals surface area contributed by atoms with Crippen LogP contribution in [0.5, 0.6) is 6.01 Å². The molecule has 31 heavy (non-hydrogen) atoms. The van der Waals surface area contributed by atoms with E-state index < -0.39 is 0 Å². The fourth-order valence-corrected chi connectivity index (χ4v) is 4.21. The Balaban J connectivity index is 1.30. The van der Waals surface area contributed by atoms with Crippen LogP contribution < -0.4 is 15.0 Å². The molecule has 10 heteroatoms. The summed E-state index contributed by atoms with van der Waals surface area (Å²) in [6.07, 6.45) is 5.90. The molecule has 1 aliphatic heterocycles. The van der Waals surface area contributed by atoms with Crippen molar-refractivity contribution in [2.45, 2.75) is 44.6 Å². The Morgan fingerprint density at radius 1 is 1.23 bits per heavy atom. The van der Waals surface area contributed by atoms with Gasteiger partial charge in [0.25, 0.3) is 5.91 Å². The van der Waals surface area contributed by atoms with Gasteiger partial charge in [-0.15, -0.1) is 0 Å². The van der Waals surface area contributed by atoms with Crippen LogP contribution in [0.2, 0.25) is 0 Å². The average molecular weight is 422 g/mol. The number of nitrogens with zero attached hydrogens (tertiary/aromatic N) is 6. The number of rotatable bonds is 6.